The number of aryl methyl sites for hydroxylation is 1. The van der Waals surface area contributed by atoms with Crippen molar-refractivity contribution >= 4 is 11.6 Å². The Balaban J connectivity index is 2.00. The Kier molecular flexibility index (Phi) is 4.70. The maximum absolute atomic E-state index is 12.9. The van der Waals surface area contributed by atoms with E-state index in [9.17, 15) is 4.79 Å². The summed E-state index contributed by atoms with van der Waals surface area (Å²) in [6, 6.07) is 14.9. The van der Waals surface area contributed by atoms with E-state index in [1.54, 1.807) is 18.2 Å². The van der Waals surface area contributed by atoms with Gasteiger partial charge in [0.2, 0.25) is 0 Å². The molecule has 0 fully saturated rings. The van der Waals surface area contributed by atoms with Crippen molar-refractivity contribution < 1.29 is 14.3 Å². The first-order chi connectivity index (χ1) is 12.2. The minimum atomic E-state index is -0.323. The summed E-state index contributed by atoms with van der Waals surface area (Å²) in [5, 5.41) is 10.2. The largest absolute Gasteiger partial charge is 0.496 e. The number of methoxy groups -OCH3 is 2. The van der Waals surface area contributed by atoms with Crippen molar-refractivity contribution in [3.8, 4) is 22.8 Å². The van der Waals surface area contributed by atoms with Gasteiger partial charge in [0, 0.05) is 5.56 Å². The zero-order chi connectivity index (χ0) is 17.8. The number of hydrogen-bond acceptors (Lipinski definition) is 4. The van der Waals surface area contributed by atoms with E-state index in [1.165, 1.54) is 14.2 Å². The summed E-state index contributed by atoms with van der Waals surface area (Å²) in [6.45, 7) is 1.86. The zero-order valence-corrected chi connectivity index (χ0v) is 14.3. The fourth-order valence-corrected chi connectivity index (χ4v) is 2.64. The predicted molar refractivity (Wildman–Crippen MR) is 96.3 cm³/mol. The van der Waals surface area contributed by atoms with Gasteiger partial charge in [0.1, 0.15) is 22.8 Å². The summed E-state index contributed by atoms with van der Waals surface area (Å²) in [7, 11) is 3.04. The molecule has 25 heavy (non-hydrogen) atoms. The molecule has 6 nitrogen and oxygen atoms in total. The van der Waals surface area contributed by atoms with Crippen LogP contribution >= 0.6 is 0 Å². The third kappa shape index (κ3) is 3.19. The monoisotopic (exact) mass is 337 g/mol. The minimum absolute atomic E-state index is 0.323. The fraction of sp³-hybridized carbons (Fsp3) is 0.158. The highest BCUT2D eigenvalue weighted by molar-refractivity contribution is 6.09. The molecular formula is C19H19N3O3. The minimum Gasteiger partial charge on any atom is -0.496 e. The molecule has 6 heteroatoms. The van der Waals surface area contributed by atoms with Gasteiger partial charge in [-0.25, -0.2) is 0 Å². The van der Waals surface area contributed by atoms with Crippen molar-refractivity contribution in [2.75, 3.05) is 19.5 Å². The summed E-state index contributed by atoms with van der Waals surface area (Å²) in [4.78, 5) is 12.9. The van der Waals surface area contributed by atoms with Crippen LogP contribution in [0.4, 0.5) is 5.69 Å². The molecule has 1 aromatic heterocycles. The topological polar surface area (TPSA) is 76.2 Å². The molecule has 0 unspecified atom stereocenters. The highest BCUT2D eigenvalue weighted by Gasteiger charge is 2.21. The molecular weight excluding hydrogens is 318 g/mol. The summed E-state index contributed by atoms with van der Waals surface area (Å²) >= 11 is 0. The Morgan fingerprint density at radius 2 is 1.64 bits per heavy atom. The predicted octanol–water partition coefficient (Wildman–Crippen LogP) is 3.65. The van der Waals surface area contributed by atoms with Gasteiger partial charge in [-0.15, -0.1) is 0 Å². The van der Waals surface area contributed by atoms with Gasteiger partial charge in [-0.05, 0) is 19.1 Å². The molecule has 0 radical (unpaired) electrons. The van der Waals surface area contributed by atoms with Gasteiger partial charge in [-0.2, -0.15) is 5.10 Å². The van der Waals surface area contributed by atoms with Gasteiger partial charge in [-0.3, -0.25) is 9.89 Å². The Hall–Kier alpha value is -3.28. The maximum atomic E-state index is 12.9. The molecule has 0 saturated carbocycles. The number of aromatic nitrogens is 2. The maximum Gasteiger partial charge on any atom is 0.263 e. The summed E-state index contributed by atoms with van der Waals surface area (Å²) in [5.74, 6) is 0.564. The lowest BCUT2D eigenvalue weighted by molar-refractivity contribution is 0.102. The summed E-state index contributed by atoms with van der Waals surface area (Å²) < 4.78 is 10.6. The van der Waals surface area contributed by atoms with Crippen molar-refractivity contribution in [3.05, 3.63) is 59.8 Å². The van der Waals surface area contributed by atoms with Gasteiger partial charge in [0.05, 0.1) is 25.6 Å². The number of nitrogens with one attached hydrogen (secondary N) is 2. The average Bonchev–Trinajstić information content (AvgIpc) is 3.02. The van der Waals surface area contributed by atoms with E-state index in [0.29, 0.717) is 28.4 Å². The Morgan fingerprint density at radius 3 is 2.24 bits per heavy atom. The number of hydrogen-bond donors (Lipinski definition) is 2. The van der Waals surface area contributed by atoms with Crippen LogP contribution in [0.2, 0.25) is 0 Å². The van der Waals surface area contributed by atoms with E-state index >= 15 is 0 Å². The SMILES string of the molecule is COc1cccc(OC)c1C(=O)Nc1c(-c2ccccc2)n[nH]c1C. The lowest BCUT2D eigenvalue weighted by Crippen LogP contribution is -2.15. The lowest BCUT2D eigenvalue weighted by atomic mass is 10.1. The zero-order valence-electron chi connectivity index (χ0n) is 14.3. The molecule has 2 N–H and O–H groups in total. The van der Waals surface area contributed by atoms with E-state index in [4.69, 9.17) is 9.47 Å². The van der Waals surface area contributed by atoms with Crippen LogP contribution in [0.3, 0.4) is 0 Å². The quantitative estimate of drug-likeness (QED) is 0.745. The van der Waals surface area contributed by atoms with Gasteiger partial charge < -0.3 is 14.8 Å². The van der Waals surface area contributed by atoms with Crippen molar-refractivity contribution in [1.29, 1.82) is 0 Å². The number of rotatable bonds is 5. The van der Waals surface area contributed by atoms with Crippen LogP contribution in [-0.4, -0.2) is 30.3 Å². The van der Waals surface area contributed by atoms with Crippen LogP contribution in [0.15, 0.2) is 48.5 Å². The second-order valence-corrected chi connectivity index (χ2v) is 5.43. The van der Waals surface area contributed by atoms with Crippen LogP contribution in [0.5, 0.6) is 11.5 Å². The highest BCUT2D eigenvalue weighted by Crippen LogP contribution is 2.32. The molecule has 0 spiro atoms. The van der Waals surface area contributed by atoms with E-state index in [1.807, 2.05) is 37.3 Å². The third-order valence-corrected chi connectivity index (χ3v) is 3.89. The number of benzene rings is 2. The van der Waals surface area contributed by atoms with Crippen LogP contribution in [0.25, 0.3) is 11.3 Å². The first-order valence-electron chi connectivity index (χ1n) is 7.78. The van der Waals surface area contributed by atoms with Crippen LogP contribution in [0.1, 0.15) is 16.1 Å². The standard InChI is InChI=1S/C19H19N3O3/c1-12-17(18(22-21-12)13-8-5-4-6-9-13)20-19(23)16-14(24-2)10-7-11-15(16)25-3/h4-11H,1-3H3,(H,20,23)(H,21,22). The number of carbonyl (C=O) groups excluding carboxylic acids is 1. The molecule has 3 aromatic rings. The van der Waals surface area contributed by atoms with Crippen molar-refractivity contribution in [2.45, 2.75) is 6.92 Å². The van der Waals surface area contributed by atoms with E-state index in [2.05, 4.69) is 15.5 Å². The highest BCUT2D eigenvalue weighted by atomic mass is 16.5. The third-order valence-electron chi connectivity index (χ3n) is 3.89. The number of aromatic amines is 1. The van der Waals surface area contributed by atoms with Crippen molar-refractivity contribution in [3.63, 3.8) is 0 Å². The molecule has 1 amide bonds. The average molecular weight is 337 g/mol. The summed E-state index contributed by atoms with van der Waals surface area (Å²) in [5.41, 5.74) is 3.33. The molecule has 128 valence electrons. The lowest BCUT2D eigenvalue weighted by Gasteiger charge is -2.13. The first kappa shape index (κ1) is 16.6. The molecule has 0 aliphatic carbocycles. The van der Waals surface area contributed by atoms with E-state index in [-0.39, 0.29) is 5.91 Å². The Labute approximate surface area is 145 Å². The molecule has 0 bridgehead atoms. The van der Waals surface area contributed by atoms with Crippen LogP contribution in [-0.2, 0) is 0 Å². The molecule has 0 aliphatic rings. The Bertz CT molecular complexity index is 866. The molecule has 2 aromatic carbocycles. The fourth-order valence-electron chi connectivity index (χ4n) is 2.64. The number of ether oxygens (including phenoxy) is 2. The number of H-pyrrole nitrogens is 1. The number of nitrogens with zero attached hydrogens (tertiary/aromatic N) is 1. The molecule has 1 heterocycles. The molecule has 0 atom stereocenters. The van der Waals surface area contributed by atoms with Crippen LogP contribution in [0, 0.1) is 6.92 Å². The summed E-state index contributed by atoms with van der Waals surface area (Å²) in [6.07, 6.45) is 0. The van der Waals surface area contributed by atoms with Crippen LogP contribution < -0.4 is 14.8 Å². The van der Waals surface area contributed by atoms with Gasteiger partial charge in [-0.1, -0.05) is 36.4 Å². The van der Waals surface area contributed by atoms with Gasteiger partial charge in [0.15, 0.2) is 0 Å². The Morgan fingerprint density at radius 1 is 1.00 bits per heavy atom. The molecule has 0 aliphatic heterocycles. The van der Waals surface area contributed by atoms with Crippen molar-refractivity contribution in [2.24, 2.45) is 0 Å². The smallest absolute Gasteiger partial charge is 0.263 e. The second-order valence-electron chi connectivity index (χ2n) is 5.43. The van der Waals surface area contributed by atoms with E-state index in [0.717, 1.165) is 11.3 Å². The van der Waals surface area contributed by atoms with Gasteiger partial charge >= 0.3 is 0 Å². The number of carbonyl (C=O) groups is 1. The second kappa shape index (κ2) is 7.09. The van der Waals surface area contributed by atoms with Gasteiger partial charge in [0.25, 0.3) is 5.91 Å². The number of amides is 1. The molecule has 0 saturated heterocycles. The van der Waals surface area contributed by atoms with E-state index < -0.39 is 0 Å². The first-order valence-corrected chi connectivity index (χ1v) is 7.78. The van der Waals surface area contributed by atoms with Crippen molar-refractivity contribution in [1.82, 2.24) is 10.2 Å². The molecule has 3 rings (SSSR count). The number of anilines is 1. The normalized spacial score (nSPS) is 10.4.